The van der Waals surface area contributed by atoms with Crippen LogP contribution < -0.4 is 5.73 Å². The van der Waals surface area contributed by atoms with Crippen molar-refractivity contribution in [2.24, 2.45) is 5.73 Å². The van der Waals surface area contributed by atoms with Gasteiger partial charge < -0.3 is 5.73 Å². The average Bonchev–Trinajstić information content (AvgIpc) is 2.16. The Balaban J connectivity index is 3.13. The quantitative estimate of drug-likeness (QED) is 0.412. The Morgan fingerprint density at radius 1 is 1.57 bits per heavy atom. The number of nitro groups is 1. The first-order valence-corrected chi connectivity index (χ1v) is 3.78. The van der Waals surface area contributed by atoms with Crippen molar-refractivity contribution in [1.29, 1.82) is 0 Å². The third-order valence-electron chi connectivity index (χ3n) is 1.48. The fraction of sp³-hybridized carbons (Fsp3) is 0.111. The van der Waals surface area contributed by atoms with Gasteiger partial charge in [0.25, 0.3) is 0 Å². The van der Waals surface area contributed by atoms with Gasteiger partial charge in [-0.15, -0.1) is 0 Å². The van der Waals surface area contributed by atoms with Crippen molar-refractivity contribution in [1.82, 2.24) is 0 Å². The summed E-state index contributed by atoms with van der Waals surface area (Å²) in [4.78, 5) is 9.55. The second kappa shape index (κ2) is 4.35. The number of hydrogen-bond donors (Lipinski definition) is 1. The number of nitrogens with two attached hydrogens (primary N) is 1. The molecule has 0 aromatic heterocycles. The highest BCUT2D eigenvalue weighted by molar-refractivity contribution is 5.44. The van der Waals surface area contributed by atoms with E-state index < -0.39 is 16.4 Å². The lowest BCUT2D eigenvalue weighted by molar-refractivity contribution is -0.387. The average molecular weight is 194 g/mol. The molecule has 1 rings (SSSR count). The number of nitrogens with zero attached hydrogens (tertiary/aromatic N) is 1. The standard InChI is InChI=1S/C9H7FN2O2/c10-8-4-3-7(2-1-5-11)6-9(8)12(13)14/h3-4,6H,5,11H2. The summed E-state index contributed by atoms with van der Waals surface area (Å²) < 4.78 is 12.8. The molecule has 0 fully saturated rings. The summed E-state index contributed by atoms with van der Waals surface area (Å²) in [7, 11) is 0. The molecule has 0 radical (unpaired) electrons. The molecule has 0 saturated heterocycles. The van der Waals surface area contributed by atoms with E-state index in [-0.39, 0.29) is 6.54 Å². The normalized spacial score (nSPS) is 9.00. The minimum Gasteiger partial charge on any atom is -0.320 e. The molecular formula is C9H7FN2O2. The maximum atomic E-state index is 12.8. The highest BCUT2D eigenvalue weighted by atomic mass is 19.1. The summed E-state index contributed by atoms with van der Waals surface area (Å²) in [5, 5.41) is 10.3. The van der Waals surface area contributed by atoms with E-state index in [2.05, 4.69) is 11.8 Å². The monoisotopic (exact) mass is 194 g/mol. The van der Waals surface area contributed by atoms with Crippen molar-refractivity contribution in [2.45, 2.75) is 0 Å². The minimum absolute atomic E-state index is 0.158. The van der Waals surface area contributed by atoms with Crippen molar-refractivity contribution in [3.05, 3.63) is 39.7 Å². The molecule has 72 valence electrons. The van der Waals surface area contributed by atoms with Crippen LogP contribution in [0.5, 0.6) is 0 Å². The summed E-state index contributed by atoms with van der Waals surface area (Å²) in [6, 6.07) is 3.46. The molecule has 0 atom stereocenters. The van der Waals surface area contributed by atoms with E-state index in [4.69, 9.17) is 5.73 Å². The molecule has 0 spiro atoms. The molecule has 1 aromatic rings. The molecule has 5 heteroatoms. The number of benzene rings is 1. The van der Waals surface area contributed by atoms with Crippen LogP contribution in [0.25, 0.3) is 0 Å². The Labute approximate surface area is 79.7 Å². The number of halogens is 1. The lowest BCUT2D eigenvalue weighted by Crippen LogP contribution is -1.94. The van der Waals surface area contributed by atoms with Crippen molar-refractivity contribution in [3.63, 3.8) is 0 Å². The van der Waals surface area contributed by atoms with Crippen molar-refractivity contribution < 1.29 is 9.31 Å². The summed E-state index contributed by atoms with van der Waals surface area (Å²) >= 11 is 0. The molecule has 14 heavy (non-hydrogen) atoms. The molecule has 0 unspecified atom stereocenters. The molecule has 0 saturated carbocycles. The van der Waals surface area contributed by atoms with Gasteiger partial charge in [0.2, 0.25) is 5.82 Å². The van der Waals surface area contributed by atoms with Gasteiger partial charge in [-0.05, 0) is 12.1 Å². The van der Waals surface area contributed by atoms with E-state index in [0.717, 1.165) is 12.1 Å². The molecule has 0 heterocycles. The first-order valence-electron chi connectivity index (χ1n) is 3.78. The van der Waals surface area contributed by atoms with Crippen LogP contribution >= 0.6 is 0 Å². The first kappa shape index (κ1) is 10.2. The van der Waals surface area contributed by atoms with Gasteiger partial charge in [-0.1, -0.05) is 11.8 Å². The molecule has 2 N–H and O–H groups in total. The highest BCUT2D eigenvalue weighted by Gasteiger charge is 2.13. The van der Waals surface area contributed by atoms with E-state index in [9.17, 15) is 14.5 Å². The van der Waals surface area contributed by atoms with E-state index >= 15 is 0 Å². The Kier molecular flexibility index (Phi) is 3.15. The van der Waals surface area contributed by atoms with Crippen LogP contribution in [-0.2, 0) is 0 Å². The molecule has 0 amide bonds. The number of rotatable bonds is 1. The van der Waals surface area contributed by atoms with Crippen molar-refractivity contribution >= 4 is 5.69 Å². The molecule has 0 aliphatic rings. The van der Waals surface area contributed by atoms with Gasteiger partial charge >= 0.3 is 5.69 Å². The largest absolute Gasteiger partial charge is 0.320 e. The van der Waals surface area contributed by atoms with Crippen LogP contribution in [-0.4, -0.2) is 11.5 Å². The van der Waals surface area contributed by atoms with Gasteiger partial charge in [0.1, 0.15) is 0 Å². The van der Waals surface area contributed by atoms with Gasteiger partial charge in [0, 0.05) is 11.6 Å². The van der Waals surface area contributed by atoms with E-state index in [1.807, 2.05) is 0 Å². The molecule has 4 nitrogen and oxygen atoms in total. The maximum absolute atomic E-state index is 12.8. The molecule has 0 aliphatic carbocycles. The first-order chi connectivity index (χ1) is 6.65. The zero-order valence-corrected chi connectivity index (χ0v) is 7.16. The third kappa shape index (κ3) is 2.28. The number of nitro benzene ring substituents is 1. The number of hydrogen-bond acceptors (Lipinski definition) is 3. The predicted molar refractivity (Wildman–Crippen MR) is 49.0 cm³/mol. The smallest absolute Gasteiger partial charge is 0.306 e. The lowest BCUT2D eigenvalue weighted by Gasteiger charge is -1.94. The Morgan fingerprint density at radius 2 is 2.29 bits per heavy atom. The van der Waals surface area contributed by atoms with Crippen LogP contribution in [0.15, 0.2) is 18.2 Å². The molecule has 0 bridgehead atoms. The third-order valence-corrected chi connectivity index (χ3v) is 1.48. The van der Waals surface area contributed by atoms with Crippen molar-refractivity contribution in [3.8, 4) is 11.8 Å². The molecular weight excluding hydrogens is 187 g/mol. The molecule has 1 aromatic carbocycles. The van der Waals surface area contributed by atoms with E-state index in [0.29, 0.717) is 5.56 Å². The summed E-state index contributed by atoms with van der Waals surface area (Å²) in [5.74, 6) is 4.24. The lowest BCUT2D eigenvalue weighted by atomic mass is 10.2. The SMILES string of the molecule is NCC#Cc1ccc(F)c([N+](=O)[O-])c1. The van der Waals surface area contributed by atoms with Gasteiger partial charge in [-0.3, -0.25) is 10.1 Å². The van der Waals surface area contributed by atoms with Gasteiger partial charge in [0.05, 0.1) is 11.5 Å². The van der Waals surface area contributed by atoms with Gasteiger partial charge in [-0.25, -0.2) is 0 Å². The van der Waals surface area contributed by atoms with Gasteiger partial charge in [-0.2, -0.15) is 4.39 Å². The van der Waals surface area contributed by atoms with Crippen LogP contribution in [0.3, 0.4) is 0 Å². The predicted octanol–water partition coefficient (Wildman–Crippen LogP) is 1.04. The summed E-state index contributed by atoms with van der Waals surface area (Å²) in [6.07, 6.45) is 0. The van der Waals surface area contributed by atoms with E-state index in [1.54, 1.807) is 0 Å². The Morgan fingerprint density at radius 3 is 2.86 bits per heavy atom. The van der Waals surface area contributed by atoms with Crippen LogP contribution in [0.2, 0.25) is 0 Å². The maximum Gasteiger partial charge on any atom is 0.306 e. The van der Waals surface area contributed by atoms with Crippen LogP contribution in [0.1, 0.15) is 5.56 Å². The Bertz CT molecular complexity index is 421. The van der Waals surface area contributed by atoms with Crippen LogP contribution in [0.4, 0.5) is 10.1 Å². The van der Waals surface area contributed by atoms with Crippen LogP contribution in [0, 0.1) is 27.8 Å². The summed E-state index contributed by atoms with van der Waals surface area (Å²) in [6.45, 7) is 0.158. The van der Waals surface area contributed by atoms with E-state index in [1.165, 1.54) is 6.07 Å². The zero-order chi connectivity index (χ0) is 10.6. The fourth-order valence-electron chi connectivity index (χ4n) is 0.883. The molecule has 0 aliphatic heterocycles. The minimum atomic E-state index is -0.867. The highest BCUT2D eigenvalue weighted by Crippen LogP contribution is 2.17. The van der Waals surface area contributed by atoms with Crippen molar-refractivity contribution in [2.75, 3.05) is 6.54 Å². The summed E-state index contributed by atoms with van der Waals surface area (Å²) in [5.41, 5.74) is 4.93. The second-order valence-corrected chi connectivity index (χ2v) is 2.43. The zero-order valence-electron chi connectivity index (χ0n) is 7.16. The second-order valence-electron chi connectivity index (χ2n) is 2.43. The fourth-order valence-corrected chi connectivity index (χ4v) is 0.883. The topological polar surface area (TPSA) is 69.2 Å². The van der Waals surface area contributed by atoms with Gasteiger partial charge in [0.15, 0.2) is 0 Å². The Hall–Kier alpha value is -1.93.